The summed E-state index contributed by atoms with van der Waals surface area (Å²) in [6.45, 7) is 13.5. The van der Waals surface area contributed by atoms with Gasteiger partial charge < -0.3 is 15.0 Å². The largest absolute Gasteiger partial charge is 0.438 e. The van der Waals surface area contributed by atoms with E-state index >= 15 is 0 Å². The van der Waals surface area contributed by atoms with Crippen LogP contribution in [0.1, 0.15) is 41.3 Å². The maximum atomic E-state index is 6.27. The molecule has 1 atom stereocenters. The zero-order valence-corrected chi connectivity index (χ0v) is 17.5. The number of ether oxygens (including phenoxy) is 1. The summed E-state index contributed by atoms with van der Waals surface area (Å²) in [6, 6.07) is 6.89. The van der Waals surface area contributed by atoms with Gasteiger partial charge >= 0.3 is 0 Å². The Hall–Kier alpha value is -2.07. The van der Waals surface area contributed by atoms with E-state index in [0.29, 0.717) is 11.9 Å². The molecule has 1 N–H and O–H groups in total. The minimum absolute atomic E-state index is 0.494. The number of hydrogen-bond acceptors (Lipinski definition) is 4. The van der Waals surface area contributed by atoms with Gasteiger partial charge in [-0.3, -0.25) is 0 Å². The quantitative estimate of drug-likeness (QED) is 0.743. The molecule has 0 fully saturated rings. The molecule has 142 valence electrons. The molecule has 2 rings (SSSR count). The molecule has 0 aliphatic carbocycles. The van der Waals surface area contributed by atoms with Crippen LogP contribution >= 0.6 is 0 Å². The van der Waals surface area contributed by atoms with Crippen LogP contribution in [0.2, 0.25) is 0 Å². The minimum Gasteiger partial charge on any atom is -0.438 e. The second-order valence-corrected chi connectivity index (χ2v) is 7.48. The Morgan fingerprint density at radius 3 is 2.19 bits per heavy atom. The van der Waals surface area contributed by atoms with Crippen molar-refractivity contribution in [1.82, 2.24) is 9.88 Å². The van der Waals surface area contributed by atoms with Crippen molar-refractivity contribution in [2.75, 3.05) is 26.0 Å². The molecule has 0 saturated heterocycles. The maximum Gasteiger partial charge on any atom is 0.224 e. The van der Waals surface area contributed by atoms with Crippen LogP contribution in [0.25, 0.3) is 0 Å². The first-order valence-electron chi connectivity index (χ1n) is 9.37. The lowest BCUT2D eigenvalue weighted by molar-refractivity contribution is 0.298. The molecule has 1 aromatic carbocycles. The predicted octanol–water partition coefficient (Wildman–Crippen LogP) is 5.17. The highest BCUT2D eigenvalue weighted by Crippen LogP contribution is 2.33. The lowest BCUT2D eigenvalue weighted by Gasteiger charge is -2.24. The fourth-order valence-corrected chi connectivity index (χ4v) is 3.34. The van der Waals surface area contributed by atoms with Crippen LogP contribution in [0.3, 0.4) is 0 Å². The Bertz CT molecular complexity index is 745. The van der Waals surface area contributed by atoms with E-state index in [1.54, 1.807) is 0 Å². The fourth-order valence-electron chi connectivity index (χ4n) is 3.34. The SMILES string of the molecule is CCC(CNc1cc(C)nc(Oc2c(C)cc(C)cc2C)c1C)N(C)C. The average Bonchev–Trinajstić information content (AvgIpc) is 2.54. The van der Waals surface area contributed by atoms with Gasteiger partial charge in [-0.2, -0.15) is 0 Å². The zero-order chi connectivity index (χ0) is 19.4. The maximum absolute atomic E-state index is 6.27. The fraction of sp³-hybridized carbons (Fsp3) is 0.500. The molecule has 0 spiro atoms. The second-order valence-electron chi connectivity index (χ2n) is 7.48. The third kappa shape index (κ3) is 4.76. The second kappa shape index (κ2) is 8.54. The van der Waals surface area contributed by atoms with Gasteiger partial charge in [0.05, 0.1) is 0 Å². The lowest BCUT2D eigenvalue weighted by Crippen LogP contribution is -2.34. The van der Waals surface area contributed by atoms with Crippen molar-refractivity contribution in [3.8, 4) is 11.6 Å². The van der Waals surface area contributed by atoms with Crippen molar-refractivity contribution in [2.24, 2.45) is 0 Å². The van der Waals surface area contributed by atoms with Gasteiger partial charge in [-0.25, -0.2) is 4.98 Å². The molecule has 0 saturated carbocycles. The zero-order valence-electron chi connectivity index (χ0n) is 17.5. The van der Waals surface area contributed by atoms with E-state index in [4.69, 9.17) is 4.74 Å². The summed E-state index contributed by atoms with van der Waals surface area (Å²) in [5.41, 5.74) is 6.61. The van der Waals surface area contributed by atoms with Gasteiger partial charge in [0, 0.05) is 29.5 Å². The van der Waals surface area contributed by atoms with Gasteiger partial charge in [0.1, 0.15) is 5.75 Å². The van der Waals surface area contributed by atoms with Crippen molar-refractivity contribution < 1.29 is 4.74 Å². The molecule has 0 amide bonds. The summed E-state index contributed by atoms with van der Waals surface area (Å²) in [7, 11) is 4.25. The third-order valence-corrected chi connectivity index (χ3v) is 4.89. The first-order valence-corrected chi connectivity index (χ1v) is 9.37. The van der Waals surface area contributed by atoms with Crippen molar-refractivity contribution in [3.63, 3.8) is 0 Å². The van der Waals surface area contributed by atoms with E-state index in [1.807, 2.05) is 6.92 Å². The van der Waals surface area contributed by atoms with E-state index < -0.39 is 0 Å². The third-order valence-electron chi connectivity index (χ3n) is 4.89. The van der Waals surface area contributed by atoms with Gasteiger partial charge in [-0.05, 0) is 72.3 Å². The van der Waals surface area contributed by atoms with Crippen LogP contribution in [-0.4, -0.2) is 36.6 Å². The van der Waals surface area contributed by atoms with E-state index in [9.17, 15) is 0 Å². The van der Waals surface area contributed by atoms with Crippen LogP contribution < -0.4 is 10.1 Å². The van der Waals surface area contributed by atoms with E-state index in [-0.39, 0.29) is 0 Å². The molecular formula is C22H33N3O. The molecule has 0 radical (unpaired) electrons. The highest BCUT2D eigenvalue weighted by Gasteiger charge is 2.15. The number of nitrogens with one attached hydrogen (secondary N) is 1. The number of aromatic nitrogens is 1. The van der Waals surface area contributed by atoms with Crippen LogP contribution in [0, 0.1) is 34.6 Å². The van der Waals surface area contributed by atoms with Crippen molar-refractivity contribution in [1.29, 1.82) is 0 Å². The molecule has 1 aromatic heterocycles. The molecule has 1 heterocycles. The molecule has 4 heteroatoms. The Morgan fingerprint density at radius 1 is 1.04 bits per heavy atom. The van der Waals surface area contributed by atoms with Gasteiger partial charge in [-0.1, -0.05) is 24.6 Å². The molecular weight excluding hydrogens is 322 g/mol. The van der Waals surface area contributed by atoms with Gasteiger partial charge in [0.25, 0.3) is 0 Å². The first-order chi connectivity index (χ1) is 12.2. The van der Waals surface area contributed by atoms with E-state index in [1.165, 1.54) is 5.56 Å². The number of hydrogen-bond donors (Lipinski definition) is 1. The van der Waals surface area contributed by atoms with E-state index in [2.05, 4.69) is 82.1 Å². The summed E-state index contributed by atoms with van der Waals surface area (Å²) < 4.78 is 6.27. The van der Waals surface area contributed by atoms with Crippen LogP contribution in [0.4, 0.5) is 5.69 Å². The first kappa shape index (κ1) is 20.2. The van der Waals surface area contributed by atoms with Gasteiger partial charge in [-0.15, -0.1) is 0 Å². The number of aryl methyl sites for hydroxylation is 4. The summed E-state index contributed by atoms with van der Waals surface area (Å²) in [5.74, 6) is 1.59. The Morgan fingerprint density at radius 2 is 1.65 bits per heavy atom. The Kier molecular flexibility index (Phi) is 6.65. The predicted molar refractivity (Wildman–Crippen MR) is 111 cm³/mol. The number of nitrogens with zero attached hydrogens (tertiary/aromatic N) is 2. The monoisotopic (exact) mass is 355 g/mol. The topological polar surface area (TPSA) is 37.4 Å². The Balaban J connectivity index is 2.30. The van der Waals surface area contributed by atoms with Crippen LogP contribution in [0.5, 0.6) is 11.6 Å². The van der Waals surface area contributed by atoms with Crippen LogP contribution in [-0.2, 0) is 0 Å². The van der Waals surface area contributed by atoms with Crippen molar-refractivity contribution in [2.45, 2.75) is 54.0 Å². The lowest BCUT2D eigenvalue weighted by atomic mass is 10.1. The summed E-state index contributed by atoms with van der Waals surface area (Å²) >= 11 is 0. The number of pyridine rings is 1. The number of likely N-dealkylation sites (N-methyl/N-ethyl adjacent to an activating group) is 1. The molecule has 2 aromatic rings. The molecule has 0 aliphatic heterocycles. The highest BCUT2D eigenvalue weighted by molar-refractivity contribution is 5.57. The smallest absolute Gasteiger partial charge is 0.224 e. The summed E-state index contributed by atoms with van der Waals surface area (Å²) in [5, 5.41) is 3.59. The van der Waals surface area contributed by atoms with Crippen molar-refractivity contribution in [3.05, 3.63) is 46.1 Å². The molecule has 4 nitrogen and oxygen atoms in total. The van der Waals surface area contributed by atoms with E-state index in [0.717, 1.165) is 46.8 Å². The normalized spacial score (nSPS) is 12.3. The standard InChI is InChI=1S/C22H33N3O/c1-9-19(25(7)8)13-23-20-12-17(5)24-22(18(20)6)26-21-15(3)10-14(2)11-16(21)4/h10-12,19H,9,13H2,1-8H3,(H,23,24). The number of anilines is 1. The number of rotatable bonds is 7. The van der Waals surface area contributed by atoms with Crippen molar-refractivity contribution >= 4 is 5.69 Å². The molecule has 1 unspecified atom stereocenters. The minimum atomic E-state index is 0.494. The molecule has 0 aliphatic rings. The molecule has 26 heavy (non-hydrogen) atoms. The van der Waals surface area contributed by atoms with Crippen LogP contribution in [0.15, 0.2) is 18.2 Å². The summed E-state index contributed by atoms with van der Waals surface area (Å²) in [6.07, 6.45) is 1.11. The van der Waals surface area contributed by atoms with Gasteiger partial charge in [0.2, 0.25) is 5.88 Å². The average molecular weight is 356 g/mol. The Labute approximate surface area is 158 Å². The highest BCUT2D eigenvalue weighted by atomic mass is 16.5. The summed E-state index contributed by atoms with van der Waals surface area (Å²) in [4.78, 5) is 6.90. The molecule has 0 bridgehead atoms. The number of benzene rings is 1. The van der Waals surface area contributed by atoms with Gasteiger partial charge in [0.15, 0.2) is 0 Å².